The molecule has 6 rings (SSSR count). The van der Waals surface area contributed by atoms with Gasteiger partial charge >= 0.3 is 0 Å². The van der Waals surface area contributed by atoms with Crippen LogP contribution in [0.4, 0.5) is 0 Å². The number of furan rings is 1. The Labute approximate surface area is 271 Å². The molecule has 0 bridgehead atoms. The van der Waals surface area contributed by atoms with Crippen LogP contribution in [-0.2, 0) is 26.5 Å². The number of pyridine rings is 2. The number of nitrogens with zero attached hydrogens (tertiary/aromatic N) is 2. The van der Waals surface area contributed by atoms with Crippen LogP contribution in [0.3, 0.4) is 0 Å². The molecular formula is C38H40IrN2OSi-2. The summed E-state index contributed by atoms with van der Waals surface area (Å²) in [5.41, 5.74) is 8.47. The first-order valence-electron chi connectivity index (χ1n) is 14.9. The van der Waals surface area contributed by atoms with Gasteiger partial charge in [-0.05, 0) is 47.0 Å². The molecule has 6 aromatic rings. The van der Waals surface area contributed by atoms with Crippen molar-refractivity contribution in [3.63, 3.8) is 0 Å². The Morgan fingerprint density at radius 2 is 1.56 bits per heavy atom. The number of benzene rings is 3. The summed E-state index contributed by atoms with van der Waals surface area (Å²) in [4.78, 5) is 9.21. The van der Waals surface area contributed by atoms with Gasteiger partial charge in [0, 0.05) is 37.9 Å². The van der Waals surface area contributed by atoms with Crippen LogP contribution in [-0.4, -0.2) is 18.0 Å². The topological polar surface area (TPSA) is 38.9 Å². The van der Waals surface area contributed by atoms with E-state index in [1.54, 1.807) is 0 Å². The molecule has 3 aromatic carbocycles. The SMILES string of the molecule is CC(C)Cc1cc(-c2[c-]cccc2)ncc1[Si](C)(C)C.CC(C)c1ccnc(-c2[c-]ccc3c2oc2ccccc23)c1.[Ir]. The zero-order valence-electron chi connectivity index (χ0n) is 26.2. The van der Waals surface area contributed by atoms with Gasteiger partial charge in [-0.15, -0.1) is 54.1 Å². The largest absolute Gasteiger partial charge is 0.501 e. The summed E-state index contributed by atoms with van der Waals surface area (Å²) in [5, 5.41) is 3.74. The van der Waals surface area contributed by atoms with E-state index in [-0.39, 0.29) is 20.1 Å². The molecule has 0 saturated heterocycles. The van der Waals surface area contributed by atoms with Crippen LogP contribution in [0.1, 0.15) is 44.7 Å². The summed E-state index contributed by atoms with van der Waals surface area (Å²) in [7, 11) is -1.34. The zero-order valence-corrected chi connectivity index (χ0v) is 29.6. The smallest absolute Gasteiger partial charge is 0.120 e. The van der Waals surface area contributed by atoms with Crippen LogP contribution in [0.25, 0.3) is 44.5 Å². The quantitative estimate of drug-likeness (QED) is 0.125. The van der Waals surface area contributed by atoms with Gasteiger partial charge in [-0.2, -0.15) is 0 Å². The van der Waals surface area contributed by atoms with E-state index in [9.17, 15) is 0 Å². The Kier molecular flexibility index (Phi) is 10.6. The molecule has 43 heavy (non-hydrogen) atoms. The molecule has 0 spiro atoms. The molecule has 3 aromatic heterocycles. The molecule has 0 fully saturated rings. The Bertz CT molecular complexity index is 1800. The van der Waals surface area contributed by atoms with Crippen molar-refractivity contribution in [3.05, 3.63) is 115 Å². The van der Waals surface area contributed by atoms with Crippen LogP contribution in [0.15, 0.2) is 95.7 Å². The Morgan fingerprint density at radius 1 is 0.791 bits per heavy atom. The van der Waals surface area contributed by atoms with Crippen molar-refractivity contribution < 1.29 is 24.5 Å². The molecule has 3 heterocycles. The molecule has 0 aliphatic carbocycles. The Balaban J connectivity index is 0.000000194. The summed E-state index contributed by atoms with van der Waals surface area (Å²) in [6, 6.07) is 33.2. The number of fused-ring (bicyclic) bond motifs is 3. The fourth-order valence-electron chi connectivity index (χ4n) is 5.30. The molecule has 1 radical (unpaired) electrons. The first-order valence-corrected chi connectivity index (χ1v) is 18.4. The first kappa shape index (κ1) is 32.5. The molecule has 0 saturated carbocycles. The minimum atomic E-state index is -1.34. The van der Waals surface area contributed by atoms with Crippen molar-refractivity contribution in [2.45, 2.75) is 59.7 Å². The average Bonchev–Trinajstić information content (AvgIpc) is 3.36. The predicted molar refractivity (Wildman–Crippen MR) is 180 cm³/mol. The van der Waals surface area contributed by atoms with Gasteiger partial charge in [-0.25, -0.2) is 0 Å². The Morgan fingerprint density at radius 3 is 2.26 bits per heavy atom. The van der Waals surface area contributed by atoms with E-state index in [0.29, 0.717) is 11.8 Å². The van der Waals surface area contributed by atoms with E-state index < -0.39 is 8.07 Å². The number of aromatic nitrogens is 2. The molecule has 0 N–H and O–H groups in total. The van der Waals surface area contributed by atoms with Gasteiger partial charge < -0.3 is 14.4 Å². The Hall–Kier alpha value is -3.37. The maximum Gasteiger partial charge on any atom is 0.120 e. The predicted octanol–water partition coefficient (Wildman–Crippen LogP) is 9.86. The minimum absolute atomic E-state index is 0. The van der Waals surface area contributed by atoms with Crippen molar-refractivity contribution in [1.82, 2.24) is 9.97 Å². The standard InChI is InChI=1S/C20H16NO.C18H24NSi.Ir/c1-13(2)14-10-11-21-18(12-14)17-8-5-7-16-15-6-3-4-9-19(15)22-20(16)17;1-14(2)11-16-12-17(15-9-7-6-8-10-15)19-13-18(16)20(3,4)5;/h3-7,9-13H,1-2H3;6-9,12-14H,11H2,1-5H3;/q2*-1;. The van der Waals surface area contributed by atoms with Gasteiger partial charge in [-0.1, -0.05) is 99.7 Å². The van der Waals surface area contributed by atoms with Crippen LogP contribution in [0.5, 0.6) is 0 Å². The summed E-state index contributed by atoms with van der Waals surface area (Å²) < 4.78 is 6.07. The van der Waals surface area contributed by atoms with Crippen molar-refractivity contribution in [2.24, 2.45) is 5.92 Å². The van der Waals surface area contributed by atoms with E-state index >= 15 is 0 Å². The molecule has 0 aliphatic heterocycles. The van der Waals surface area contributed by atoms with Crippen molar-refractivity contribution >= 4 is 35.2 Å². The number of rotatable bonds is 6. The summed E-state index contributed by atoms with van der Waals surface area (Å²) >= 11 is 0. The second-order valence-corrected chi connectivity index (χ2v) is 17.7. The number of para-hydroxylation sites is 1. The fourth-order valence-corrected chi connectivity index (χ4v) is 6.89. The normalized spacial score (nSPS) is 11.5. The number of hydrogen-bond donors (Lipinski definition) is 0. The summed E-state index contributed by atoms with van der Waals surface area (Å²) in [6.45, 7) is 16.1. The first-order chi connectivity index (χ1) is 20.1. The van der Waals surface area contributed by atoms with Crippen molar-refractivity contribution in [1.29, 1.82) is 0 Å². The second kappa shape index (κ2) is 13.9. The third-order valence-electron chi connectivity index (χ3n) is 7.46. The van der Waals surface area contributed by atoms with Gasteiger partial charge in [0.15, 0.2) is 0 Å². The van der Waals surface area contributed by atoms with Gasteiger partial charge in [-0.3, -0.25) is 0 Å². The molecule has 0 amide bonds. The van der Waals surface area contributed by atoms with E-state index in [2.05, 4.69) is 112 Å². The third kappa shape index (κ3) is 7.59. The van der Waals surface area contributed by atoms with E-state index in [0.717, 1.165) is 50.9 Å². The van der Waals surface area contributed by atoms with Gasteiger partial charge in [0.05, 0.1) is 13.7 Å². The van der Waals surface area contributed by atoms with E-state index in [1.807, 2.05) is 48.7 Å². The van der Waals surface area contributed by atoms with Crippen LogP contribution >= 0.6 is 0 Å². The van der Waals surface area contributed by atoms with E-state index in [4.69, 9.17) is 4.42 Å². The summed E-state index contributed by atoms with van der Waals surface area (Å²) in [5.74, 6) is 1.14. The van der Waals surface area contributed by atoms with Gasteiger partial charge in [0.1, 0.15) is 5.58 Å². The fraction of sp³-hybridized carbons (Fsp3) is 0.263. The van der Waals surface area contributed by atoms with Gasteiger partial charge in [0.2, 0.25) is 0 Å². The molecule has 5 heteroatoms. The van der Waals surface area contributed by atoms with Crippen molar-refractivity contribution in [3.8, 4) is 22.5 Å². The molecule has 223 valence electrons. The van der Waals surface area contributed by atoms with Gasteiger partial charge in [0.25, 0.3) is 0 Å². The molecule has 3 nitrogen and oxygen atoms in total. The third-order valence-corrected chi connectivity index (χ3v) is 9.52. The van der Waals surface area contributed by atoms with Crippen molar-refractivity contribution in [2.75, 3.05) is 0 Å². The minimum Gasteiger partial charge on any atom is -0.501 e. The molecule has 0 unspecified atom stereocenters. The van der Waals surface area contributed by atoms with Crippen LogP contribution < -0.4 is 5.19 Å². The maximum absolute atomic E-state index is 6.07. The second-order valence-electron chi connectivity index (χ2n) is 12.7. The van der Waals surface area contributed by atoms with Crippen LogP contribution in [0, 0.1) is 18.1 Å². The summed E-state index contributed by atoms with van der Waals surface area (Å²) in [6.07, 6.45) is 5.10. The number of hydrogen-bond acceptors (Lipinski definition) is 3. The molecule has 0 atom stereocenters. The zero-order chi connectivity index (χ0) is 29.9. The van der Waals surface area contributed by atoms with E-state index in [1.165, 1.54) is 16.3 Å². The van der Waals surface area contributed by atoms with Crippen LogP contribution in [0.2, 0.25) is 19.6 Å². The average molecular weight is 761 g/mol. The molecule has 0 aliphatic rings. The molecular weight excluding hydrogens is 721 g/mol. The maximum atomic E-state index is 6.07. The monoisotopic (exact) mass is 761 g/mol.